The summed E-state index contributed by atoms with van der Waals surface area (Å²) in [5.41, 5.74) is 0.539. The van der Waals surface area contributed by atoms with Crippen molar-refractivity contribution in [2.24, 2.45) is 0 Å². The van der Waals surface area contributed by atoms with E-state index in [9.17, 15) is 9.59 Å². The highest BCUT2D eigenvalue weighted by atomic mass is 35.5. The molecular formula is C18H11Cl3N2O3. The molecular weight excluding hydrogens is 399 g/mol. The van der Waals surface area contributed by atoms with E-state index in [-0.39, 0.29) is 10.9 Å². The highest BCUT2D eigenvalue weighted by molar-refractivity contribution is 6.37. The first-order chi connectivity index (χ1) is 12.5. The van der Waals surface area contributed by atoms with E-state index < -0.39 is 17.4 Å². The highest BCUT2D eigenvalue weighted by Gasteiger charge is 2.51. The molecule has 26 heavy (non-hydrogen) atoms. The molecule has 8 heteroatoms. The minimum atomic E-state index is -1.52. The van der Waals surface area contributed by atoms with Gasteiger partial charge in [0.2, 0.25) is 5.91 Å². The second-order valence-corrected chi connectivity index (χ2v) is 6.98. The number of anilines is 1. The zero-order chi connectivity index (χ0) is 18.5. The van der Waals surface area contributed by atoms with Gasteiger partial charge in [-0.2, -0.15) is 0 Å². The zero-order valence-corrected chi connectivity index (χ0v) is 15.4. The number of hydrogen-bond donors (Lipinski definition) is 2. The van der Waals surface area contributed by atoms with Gasteiger partial charge in [0.1, 0.15) is 11.5 Å². The van der Waals surface area contributed by atoms with Crippen LogP contribution >= 0.6 is 34.8 Å². The second-order valence-electron chi connectivity index (χ2n) is 5.87. The molecule has 0 bridgehead atoms. The summed E-state index contributed by atoms with van der Waals surface area (Å²) in [4.78, 5) is 25.2. The molecule has 1 unspecified atom stereocenters. The molecule has 0 fully saturated rings. The lowest BCUT2D eigenvalue weighted by molar-refractivity contribution is -0.127. The number of amides is 2. The molecule has 2 amide bonds. The predicted molar refractivity (Wildman–Crippen MR) is 101 cm³/mol. The third kappa shape index (κ3) is 2.47. The molecule has 1 aromatic heterocycles. The number of carbonyl (C=O) groups excluding carboxylic acids is 2. The maximum absolute atomic E-state index is 13.0. The molecule has 0 radical (unpaired) electrons. The third-order valence-electron chi connectivity index (χ3n) is 4.35. The lowest BCUT2D eigenvalue weighted by Gasteiger charge is -2.30. The Kier molecular flexibility index (Phi) is 4.10. The van der Waals surface area contributed by atoms with Crippen molar-refractivity contribution in [3.8, 4) is 0 Å². The first-order valence-corrected chi connectivity index (χ1v) is 8.90. The number of fused-ring (bicyclic) bond motifs is 2. The van der Waals surface area contributed by atoms with Crippen molar-refractivity contribution >= 4 is 63.3 Å². The van der Waals surface area contributed by atoms with Crippen molar-refractivity contribution in [2.45, 2.75) is 5.54 Å². The Balaban J connectivity index is 2.02. The fourth-order valence-corrected chi connectivity index (χ4v) is 3.99. The average molecular weight is 410 g/mol. The molecule has 0 aliphatic carbocycles. The van der Waals surface area contributed by atoms with Crippen molar-refractivity contribution in [1.29, 1.82) is 0 Å². The zero-order valence-electron chi connectivity index (χ0n) is 13.1. The Hall–Kier alpha value is -2.21. The fourth-order valence-electron chi connectivity index (χ4n) is 3.29. The normalized spacial score (nSPS) is 18.7. The van der Waals surface area contributed by atoms with Crippen LogP contribution in [0.5, 0.6) is 0 Å². The van der Waals surface area contributed by atoms with Crippen molar-refractivity contribution in [3.63, 3.8) is 0 Å². The molecule has 1 aliphatic heterocycles. The van der Waals surface area contributed by atoms with Crippen LogP contribution < -0.4 is 10.6 Å². The number of alkyl halides is 1. The molecule has 1 atom stereocenters. The van der Waals surface area contributed by atoms with Gasteiger partial charge >= 0.3 is 0 Å². The smallest absolute Gasteiger partial charge is 0.259 e. The average Bonchev–Trinajstić information content (AvgIpc) is 3.17. The summed E-state index contributed by atoms with van der Waals surface area (Å²) < 4.78 is 5.35. The lowest BCUT2D eigenvalue weighted by atomic mass is 9.83. The van der Waals surface area contributed by atoms with E-state index in [0.29, 0.717) is 27.4 Å². The monoisotopic (exact) mass is 408 g/mol. The topological polar surface area (TPSA) is 71.3 Å². The summed E-state index contributed by atoms with van der Waals surface area (Å²) in [6.07, 6.45) is 1.55. The van der Waals surface area contributed by atoms with Crippen molar-refractivity contribution in [3.05, 3.63) is 63.8 Å². The van der Waals surface area contributed by atoms with Crippen LogP contribution in [0.4, 0.5) is 5.69 Å². The van der Waals surface area contributed by atoms with Gasteiger partial charge in [-0.15, -0.1) is 11.6 Å². The molecule has 132 valence electrons. The molecule has 4 rings (SSSR count). The number of hydrogen-bond acceptors (Lipinski definition) is 3. The summed E-state index contributed by atoms with van der Waals surface area (Å²) in [6.45, 7) is 0. The first kappa shape index (κ1) is 17.2. The third-order valence-corrected chi connectivity index (χ3v) is 5.11. The quantitative estimate of drug-likeness (QED) is 0.634. The summed E-state index contributed by atoms with van der Waals surface area (Å²) in [5.74, 6) is -1.25. The molecule has 2 aromatic carbocycles. The minimum Gasteiger partial charge on any atom is -0.464 e. The summed E-state index contributed by atoms with van der Waals surface area (Å²) in [7, 11) is 0. The van der Waals surface area contributed by atoms with Gasteiger partial charge in [-0.1, -0.05) is 29.3 Å². The van der Waals surface area contributed by atoms with Gasteiger partial charge in [0.15, 0.2) is 5.54 Å². The van der Waals surface area contributed by atoms with Gasteiger partial charge in [0, 0.05) is 16.0 Å². The standard InChI is InChI=1S/C18H11Cl3N2O3/c19-8-15(24)23-18(10-1-2-14-9(5-10)3-4-26-14)16-12(21)6-11(20)7-13(16)22-17(18)25/h1-7H,8H2,(H,22,25)(H,23,24). The van der Waals surface area contributed by atoms with Crippen molar-refractivity contribution in [1.82, 2.24) is 5.32 Å². The van der Waals surface area contributed by atoms with Gasteiger partial charge in [0.25, 0.3) is 5.91 Å². The molecule has 0 saturated carbocycles. The van der Waals surface area contributed by atoms with Crippen LogP contribution in [-0.4, -0.2) is 17.7 Å². The van der Waals surface area contributed by atoms with E-state index >= 15 is 0 Å². The Morgan fingerprint density at radius 3 is 2.77 bits per heavy atom. The van der Waals surface area contributed by atoms with Crippen LogP contribution in [0.3, 0.4) is 0 Å². The molecule has 0 spiro atoms. The van der Waals surface area contributed by atoms with Gasteiger partial charge in [-0.05, 0) is 35.9 Å². The number of furan rings is 1. The Labute approximate surface area is 163 Å². The number of benzene rings is 2. The molecule has 1 aliphatic rings. The SMILES string of the molecule is O=C(CCl)NC1(c2ccc3occc3c2)C(=O)Nc2cc(Cl)cc(Cl)c21. The van der Waals surface area contributed by atoms with Crippen molar-refractivity contribution < 1.29 is 14.0 Å². The summed E-state index contributed by atoms with van der Waals surface area (Å²) in [5, 5.41) is 6.91. The summed E-state index contributed by atoms with van der Waals surface area (Å²) in [6, 6.07) is 10.1. The van der Waals surface area contributed by atoms with E-state index in [1.807, 2.05) is 0 Å². The molecule has 0 saturated heterocycles. The van der Waals surface area contributed by atoms with E-state index in [0.717, 1.165) is 5.39 Å². The van der Waals surface area contributed by atoms with Crippen LogP contribution in [0.1, 0.15) is 11.1 Å². The van der Waals surface area contributed by atoms with Gasteiger partial charge in [-0.25, -0.2) is 0 Å². The largest absolute Gasteiger partial charge is 0.464 e. The lowest BCUT2D eigenvalue weighted by Crippen LogP contribution is -2.52. The van der Waals surface area contributed by atoms with Crippen LogP contribution in [-0.2, 0) is 15.1 Å². The van der Waals surface area contributed by atoms with E-state index in [2.05, 4.69) is 10.6 Å². The Bertz CT molecular complexity index is 1060. The first-order valence-electron chi connectivity index (χ1n) is 7.61. The maximum atomic E-state index is 13.0. The fraction of sp³-hybridized carbons (Fsp3) is 0.111. The van der Waals surface area contributed by atoms with Crippen molar-refractivity contribution in [2.75, 3.05) is 11.2 Å². The Morgan fingerprint density at radius 2 is 2.00 bits per heavy atom. The van der Waals surface area contributed by atoms with E-state index in [1.165, 1.54) is 6.07 Å². The number of carbonyl (C=O) groups is 2. The maximum Gasteiger partial charge on any atom is 0.259 e. The van der Waals surface area contributed by atoms with Gasteiger partial charge in [-0.3, -0.25) is 9.59 Å². The second kappa shape index (κ2) is 6.20. The van der Waals surface area contributed by atoms with Crippen LogP contribution in [0.15, 0.2) is 47.1 Å². The summed E-state index contributed by atoms with van der Waals surface area (Å²) >= 11 is 18.2. The van der Waals surface area contributed by atoms with E-state index in [1.54, 1.807) is 36.6 Å². The molecule has 3 aromatic rings. The van der Waals surface area contributed by atoms with Gasteiger partial charge in [0.05, 0.1) is 17.0 Å². The highest BCUT2D eigenvalue weighted by Crippen LogP contribution is 2.46. The van der Waals surface area contributed by atoms with Crippen LogP contribution in [0, 0.1) is 0 Å². The van der Waals surface area contributed by atoms with Gasteiger partial charge < -0.3 is 15.1 Å². The molecule has 2 N–H and O–H groups in total. The Morgan fingerprint density at radius 1 is 1.19 bits per heavy atom. The van der Waals surface area contributed by atoms with Crippen LogP contribution in [0.2, 0.25) is 10.0 Å². The predicted octanol–water partition coefficient (Wildman–Crippen LogP) is 4.29. The van der Waals surface area contributed by atoms with E-state index in [4.69, 9.17) is 39.2 Å². The molecule has 5 nitrogen and oxygen atoms in total. The number of halogens is 3. The molecule has 2 heterocycles. The van der Waals surface area contributed by atoms with Crippen LogP contribution in [0.25, 0.3) is 11.0 Å². The minimum absolute atomic E-state index is 0.257. The number of rotatable bonds is 3. The number of nitrogens with one attached hydrogen (secondary N) is 2.